The second-order valence-electron chi connectivity index (χ2n) is 5.28. The fourth-order valence-electron chi connectivity index (χ4n) is 2.67. The van der Waals surface area contributed by atoms with Crippen molar-refractivity contribution < 1.29 is 0 Å². The van der Waals surface area contributed by atoms with E-state index in [1.165, 1.54) is 43.5 Å². The Kier molecular flexibility index (Phi) is 5.06. The first-order valence-corrected chi connectivity index (χ1v) is 7.40. The smallest absolute Gasteiger partial charge is 0.0366 e. The van der Waals surface area contributed by atoms with Gasteiger partial charge in [0.2, 0.25) is 0 Å². The van der Waals surface area contributed by atoms with Crippen LogP contribution in [0.1, 0.15) is 38.7 Å². The molecule has 1 saturated heterocycles. The van der Waals surface area contributed by atoms with E-state index in [0.29, 0.717) is 6.04 Å². The first-order valence-electron chi connectivity index (χ1n) is 7.40. The molecule has 1 aliphatic heterocycles. The number of aryl methyl sites for hydroxylation is 1. The molecule has 0 saturated carbocycles. The summed E-state index contributed by atoms with van der Waals surface area (Å²) in [6.07, 6.45) is 4.88. The number of hydrogen-bond acceptors (Lipinski definition) is 2. The molecule has 18 heavy (non-hydrogen) atoms. The molecule has 1 aliphatic rings. The minimum absolute atomic E-state index is 0.641. The van der Waals surface area contributed by atoms with E-state index in [2.05, 4.69) is 48.3 Å². The molecule has 0 amide bonds. The Balaban J connectivity index is 2.04. The molecule has 2 rings (SSSR count). The Labute approximate surface area is 111 Å². The molecule has 1 aromatic rings. The fourth-order valence-corrected chi connectivity index (χ4v) is 2.67. The first kappa shape index (κ1) is 13.4. The summed E-state index contributed by atoms with van der Waals surface area (Å²) < 4.78 is 0. The van der Waals surface area contributed by atoms with Crippen molar-refractivity contribution in [3.63, 3.8) is 0 Å². The molecule has 1 unspecified atom stereocenters. The van der Waals surface area contributed by atoms with Crippen LogP contribution in [0.4, 0.5) is 5.69 Å². The predicted octanol–water partition coefficient (Wildman–Crippen LogP) is 3.22. The molecular weight excluding hydrogens is 220 g/mol. The fraction of sp³-hybridized carbons (Fsp3) is 0.625. The van der Waals surface area contributed by atoms with Crippen molar-refractivity contribution in [3.05, 3.63) is 29.8 Å². The molecule has 0 spiro atoms. The van der Waals surface area contributed by atoms with E-state index < -0.39 is 0 Å². The molecule has 1 fully saturated rings. The quantitative estimate of drug-likeness (QED) is 0.877. The van der Waals surface area contributed by atoms with Crippen molar-refractivity contribution in [2.75, 3.05) is 24.5 Å². The van der Waals surface area contributed by atoms with Gasteiger partial charge in [-0.2, -0.15) is 0 Å². The highest BCUT2D eigenvalue weighted by Crippen LogP contribution is 2.18. The summed E-state index contributed by atoms with van der Waals surface area (Å²) in [5.74, 6) is 0. The highest BCUT2D eigenvalue weighted by Gasteiger charge is 2.16. The van der Waals surface area contributed by atoms with Crippen molar-refractivity contribution in [1.29, 1.82) is 0 Å². The van der Waals surface area contributed by atoms with E-state index >= 15 is 0 Å². The lowest BCUT2D eigenvalue weighted by molar-refractivity contribution is 0.528. The zero-order valence-corrected chi connectivity index (χ0v) is 11.8. The molecule has 1 N–H and O–H groups in total. The van der Waals surface area contributed by atoms with Gasteiger partial charge in [0.05, 0.1) is 0 Å². The van der Waals surface area contributed by atoms with Gasteiger partial charge in [-0.05, 0) is 43.5 Å². The molecule has 0 aromatic heterocycles. The summed E-state index contributed by atoms with van der Waals surface area (Å²) in [7, 11) is 0. The van der Waals surface area contributed by atoms with Gasteiger partial charge in [0.1, 0.15) is 0 Å². The van der Waals surface area contributed by atoms with Crippen LogP contribution >= 0.6 is 0 Å². The van der Waals surface area contributed by atoms with Gasteiger partial charge in [-0.1, -0.05) is 32.4 Å². The van der Waals surface area contributed by atoms with Gasteiger partial charge in [0.15, 0.2) is 0 Å². The van der Waals surface area contributed by atoms with E-state index in [0.717, 1.165) is 13.1 Å². The van der Waals surface area contributed by atoms with Gasteiger partial charge in [0, 0.05) is 24.8 Å². The van der Waals surface area contributed by atoms with Gasteiger partial charge >= 0.3 is 0 Å². The maximum absolute atomic E-state index is 3.62. The average molecular weight is 246 g/mol. The highest BCUT2D eigenvalue weighted by atomic mass is 15.2. The van der Waals surface area contributed by atoms with Gasteiger partial charge in [-0.3, -0.25) is 0 Å². The normalized spacial score (nSPS) is 20.8. The number of rotatable bonds is 4. The molecule has 2 nitrogen and oxygen atoms in total. The third-order valence-corrected chi connectivity index (χ3v) is 3.81. The molecule has 0 aliphatic carbocycles. The lowest BCUT2D eigenvalue weighted by Gasteiger charge is -2.26. The summed E-state index contributed by atoms with van der Waals surface area (Å²) in [6, 6.07) is 9.81. The molecule has 1 aromatic carbocycles. The maximum atomic E-state index is 3.62. The van der Waals surface area contributed by atoms with E-state index in [9.17, 15) is 0 Å². The zero-order chi connectivity index (χ0) is 12.8. The Morgan fingerprint density at radius 3 is 2.67 bits per heavy atom. The first-order chi connectivity index (χ1) is 8.83. The third-order valence-electron chi connectivity index (χ3n) is 3.81. The van der Waals surface area contributed by atoms with Gasteiger partial charge < -0.3 is 10.2 Å². The SMILES string of the molecule is CCCc1ccc(N2CCCNC(CC)C2)cc1. The minimum atomic E-state index is 0.641. The van der Waals surface area contributed by atoms with Gasteiger partial charge in [-0.15, -0.1) is 0 Å². The van der Waals surface area contributed by atoms with E-state index in [-0.39, 0.29) is 0 Å². The predicted molar refractivity (Wildman–Crippen MR) is 79.3 cm³/mol. The Bertz CT molecular complexity index is 345. The minimum Gasteiger partial charge on any atom is -0.370 e. The van der Waals surface area contributed by atoms with Crippen LogP contribution in [0, 0.1) is 0 Å². The second kappa shape index (κ2) is 6.79. The Morgan fingerprint density at radius 1 is 1.22 bits per heavy atom. The Morgan fingerprint density at radius 2 is 2.00 bits per heavy atom. The topological polar surface area (TPSA) is 15.3 Å². The summed E-state index contributed by atoms with van der Waals surface area (Å²) in [4.78, 5) is 2.53. The van der Waals surface area contributed by atoms with E-state index in [1.807, 2.05) is 0 Å². The summed E-state index contributed by atoms with van der Waals surface area (Å²) in [5, 5.41) is 3.62. The van der Waals surface area contributed by atoms with Crippen molar-refractivity contribution in [2.24, 2.45) is 0 Å². The zero-order valence-electron chi connectivity index (χ0n) is 11.8. The number of nitrogens with one attached hydrogen (secondary N) is 1. The lowest BCUT2D eigenvalue weighted by Crippen LogP contribution is -2.37. The molecule has 100 valence electrons. The molecule has 2 heteroatoms. The summed E-state index contributed by atoms with van der Waals surface area (Å²) in [5.41, 5.74) is 2.85. The van der Waals surface area contributed by atoms with Gasteiger partial charge in [-0.25, -0.2) is 0 Å². The van der Waals surface area contributed by atoms with E-state index in [1.54, 1.807) is 0 Å². The molecule has 0 bridgehead atoms. The summed E-state index contributed by atoms with van der Waals surface area (Å²) in [6.45, 7) is 7.98. The monoisotopic (exact) mass is 246 g/mol. The standard InChI is InChI=1S/C16H26N2/c1-3-6-14-7-9-16(10-8-14)18-12-5-11-17-15(4-2)13-18/h7-10,15,17H,3-6,11-13H2,1-2H3. The summed E-state index contributed by atoms with van der Waals surface area (Å²) >= 11 is 0. The molecule has 1 atom stereocenters. The third kappa shape index (κ3) is 3.49. The van der Waals surface area contributed by atoms with Crippen LogP contribution in [0.25, 0.3) is 0 Å². The number of hydrogen-bond donors (Lipinski definition) is 1. The van der Waals surface area contributed by atoms with Gasteiger partial charge in [0.25, 0.3) is 0 Å². The van der Waals surface area contributed by atoms with Crippen molar-refractivity contribution in [2.45, 2.75) is 45.6 Å². The van der Waals surface area contributed by atoms with Crippen LogP contribution in [0.2, 0.25) is 0 Å². The van der Waals surface area contributed by atoms with Crippen LogP contribution in [0.5, 0.6) is 0 Å². The molecular formula is C16H26N2. The van der Waals surface area contributed by atoms with Crippen molar-refractivity contribution >= 4 is 5.69 Å². The lowest BCUT2D eigenvalue weighted by atomic mass is 10.1. The number of nitrogens with zero attached hydrogens (tertiary/aromatic N) is 1. The molecule has 1 heterocycles. The van der Waals surface area contributed by atoms with Crippen LogP contribution in [0.15, 0.2) is 24.3 Å². The number of anilines is 1. The van der Waals surface area contributed by atoms with Crippen LogP contribution in [-0.4, -0.2) is 25.7 Å². The largest absolute Gasteiger partial charge is 0.370 e. The maximum Gasteiger partial charge on any atom is 0.0366 e. The highest BCUT2D eigenvalue weighted by molar-refractivity contribution is 5.48. The van der Waals surface area contributed by atoms with Crippen LogP contribution in [-0.2, 0) is 6.42 Å². The van der Waals surface area contributed by atoms with Crippen LogP contribution in [0.3, 0.4) is 0 Å². The van der Waals surface area contributed by atoms with Crippen molar-refractivity contribution in [1.82, 2.24) is 5.32 Å². The molecule has 0 radical (unpaired) electrons. The second-order valence-corrected chi connectivity index (χ2v) is 5.28. The van der Waals surface area contributed by atoms with Crippen LogP contribution < -0.4 is 10.2 Å². The van der Waals surface area contributed by atoms with E-state index in [4.69, 9.17) is 0 Å². The number of benzene rings is 1. The van der Waals surface area contributed by atoms with Crippen molar-refractivity contribution in [3.8, 4) is 0 Å². The Hall–Kier alpha value is -1.02. The average Bonchev–Trinajstić information content (AvgIpc) is 2.65.